The van der Waals surface area contributed by atoms with Crippen LogP contribution in [-0.4, -0.2) is 99.5 Å². The van der Waals surface area contributed by atoms with Gasteiger partial charge in [0.25, 0.3) is 0 Å². The fourth-order valence-corrected chi connectivity index (χ4v) is 7.31. The lowest BCUT2D eigenvalue weighted by Crippen LogP contribution is -2.42. The number of nitrogens with one attached hydrogen (secondary N) is 3. The minimum absolute atomic E-state index is 0.00446. The van der Waals surface area contributed by atoms with Gasteiger partial charge in [-0.3, -0.25) is 14.4 Å². The van der Waals surface area contributed by atoms with Gasteiger partial charge in [0.2, 0.25) is 17.3 Å². The van der Waals surface area contributed by atoms with Crippen LogP contribution in [0.5, 0.6) is 0 Å². The SMILES string of the molecule is CC(=C/C(=O)c1ccc[nH]1)/C=C/C(O)C1(C)CCC(C(C)(C)O)O1.CC(C)=CCCC(C)(O)C(O)/C=C/C(C)=C\C(=O)c1ccc[nH]1.CC(C)=CCCC1(C)OC1/C=C/C(C)=C\C(=O)c1ccc[nH]1. The van der Waals surface area contributed by atoms with E-state index in [0.717, 1.165) is 24.0 Å². The van der Waals surface area contributed by atoms with Crippen LogP contribution in [0, 0.1) is 0 Å². The van der Waals surface area contributed by atoms with Gasteiger partial charge in [0.1, 0.15) is 18.3 Å². The molecule has 376 valence electrons. The van der Waals surface area contributed by atoms with E-state index >= 15 is 0 Å². The number of rotatable bonds is 21. The Bertz CT molecular complexity index is 2340. The van der Waals surface area contributed by atoms with Gasteiger partial charge in [0.15, 0.2) is 0 Å². The zero-order valence-electron chi connectivity index (χ0n) is 42.9. The van der Waals surface area contributed by atoms with Crippen molar-refractivity contribution in [3.8, 4) is 0 Å². The van der Waals surface area contributed by atoms with Crippen LogP contribution in [0.2, 0.25) is 0 Å². The van der Waals surface area contributed by atoms with Crippen molar-refractivity contribution in [2.24, 2.45) is 0 Å². The van der Waals surface area contributed by atoms with Crippen LogP contribution < -0.4 is 0 Å². The molecule has 69 heavy (non-hydrogen) atoms. The van der Waals surface area contributed by atoms with Gasteiger partial charge >= 0.3 is 0 Å². The molecule has 12 nitrogen and oxygen atoms in total. The summed E-state index contributed by atoms with van der Waals surface area (Å²) in [4.78, 5) is 44.4. The lowest BCUT2D eigenvalue weighted by Gasteiger charge is -2.32. The van der Waals surface area contributed by atoms with Crippen molar-refractivity contribution in [2.45, 2.75) is 168 Å². The monoisotopic (exact) mass is 950 g/mol. The van der Waals surface area contributed by atoms with Crippen molar-refractivity contribution in [1.29, 1.82) is 0 Å². The number of H-pyrrole nitrogens is 3. The maximum atomic E-state index is 12.0. The number of aliphatic hydroxyl groups excluding tert-OH is 2. The van der Waals surface area contributed by atoms with Crippen molar-refractivity contribution in [2.75, 3.05) is 0 Å². The van der Waals surface area contributed by atoms with Crippen molar-refractivity contribution in [3.05, 3.63) is 167 Å². The molecule has 0 radical (unpaired) electrons. The van der Waals surface area contributed by atoms with Crippen molar-refractivity contribution in [1.82, 2.24) is 15.0 Å². The Morgan fingerprint density at radius 1 is 0.696 bits per heavy atom. The van der Waals surface area contributed by atoms with Gasteiger partial charge in [-0.15, -0.1) is 0 Å². The highest BCUT2D eigenvalue weighted by Gasteiger charge is 2.49. The maximum Gasteiger partial charge on any atom is 0.202 e. The van der Waals surface area contributed by atoms with Crippen LogP contribution in [0.3, 0.4) is 0 Å². The second-order valence-corrected chi connectivity index (χ2v) is 19.9. The van der Waals surface area contributed by atoms with Crippen LogP contribution in [0.15, 0.2) is 150 Å². The molecule has 7 N–H and O–H groups in total. The lowest BCUT2D eigenvalue weighted by atomic mass is 9.92. The highest BCUT2D eigenvalue weighted by Crippen LogP contribution is 2.41. The summed E-state index contributed by atoms with van der Waals surface area (Å²) in [7, 11) is 0. The largest absolute Gasteiger partial charge is 0.388 e. The number of carbonyl (C=O) groups excluding carboxylic acids is 3. The van der Waals surface area contributed by atoms with E-state index in [1.54, 1.807) is 101 Å². The lowest BCUT2D eigenvalue weighted by molar-refractivity contribution is -0.143. The number of carbonyl (C=O) groups is 3. The zero-order valence-corrected chi connectivity index (χ0v) is 42.9. The Morgan fingerprint density at radius 2 is 1.14 bits per heavy atom. The molecule has 5 heterocycles. The molecule has 7 unspecified atom stereocenters. The third kappa shape index (κ3) is 20.2. The highest BCUT2D eigenvalue weighted by atomic mass is 16.6. The summed E-state index contributed by atoms with van der Waals surface area (Å²) in [6, 6.07) is 10.6. The summed E-state index contributed by atoms with van der Waals surface area (Å²) in [6.45, 7) is 22.8. The molecule has 0 amide bonds. The predicted molar refractivity (Wildman–Crippen MR) is 276 cm³/mol. The summed E-state index contributed by atoms with van der Waals surface area (Å²) in [5.74, 6) is -0.237. The third-order valence-electron chi connectivity index (χ3n) is 12.0. The minimum Gasteiger partial charge on any atom is -0.388 e. The number of aromatic nitrogens is 3. The number of ether oxygens (including phenoxy) is 2. The van der Waals surface area contributed by atoms with Gasteiger partial charge in [0, 0.05) is 18.6 Å². The minimum atomic E-state index is -1.20. The normalized spacial score (nSPS) is 22.6. The number of ketones is 3. The highest BCUT2D eigenvalue weighted by molar-refractivity contribution is 6.04. The smallest absolute Gasteiger partial charge is 0.202 e. The molecule has 3 aromatic rings. The zero-order chi connectivity index (χ0) is 51.6. The number of hydrogen-bond donors (Lipinski definition) is 7. The first kappa shape index (κ1) is 57.8. The summed E-state index contributed by atoms with van der Waals surface area (Å²) >= 11 is 0. The average Bonchev–Trinajstić information content (AvgIpc) is 4.00. The molecule has 3 aromatic heterocycles. The topological polar surface area (TPSA) is 201 Å². The van der Waals surface area contributed by atoms with Gasteiger partial charge in [-0.25, -0.2) is 0 Å². The Kier molecular flexibility index (Phi) is 22.2. The van der Waals surface area contributed by atoms with Crippen LogP contribution in [0.1, 0.15) is 153 Å². The quantitative estimate of drug-likeness (QED) is 0.0178. The van der Waals surface area contributed by atoms with Crippen molar-refractivity contribution < 1.29 is 44.3 Å². The van der Waals surface area contributed by atoms with Crippen LogP contribution in [-0.2, 0) is 9.47 Å². The molecule has 7 atom stereocenters. The number of hydrogen-bond acceptors (Lipinski definition) is 9. The van der Waals surface area contributed by atoms with E-state index in [1.807, 2.05) is 52.8 Å². The third-order valence-corrected chi connectivity index (χ3v) is 12.0. The van der Waals surface area contributed by atoms with Crippen molar-refractivity contribution >= 4 is 17.3 Å². The fourth-order valence-electron chi connectivity index (χ4n) is 7.31. The first-order chi connectivity index (χ1) is 32.2. The molecular weight excluding hydrogens is 871 g/mol. The second-order valence-electron chi connectivity index (χ2n) is 19.9. The average molecular weight is 950 g/mol. The van der Waals surface area contributed by atoms with E-state index in [1.165, 1.54) is 29.4 Å². The first-order valence-electron chi connectivity index (χ1n) is 23.8. The van der Waals surface area contributed by atoms with E-state index < -0.39 is 29.0 Å². The Hall–Kier alpha value is -5.47. The van der Waals surface area contributed by atoms with E-state index in [9.17, 15) is 34.8 Å². The molecule has 0 saturated carbocycles. The van der Waals surface area contributed by atoms with Crippen LogP contribution in [0.4, 0.5) is 0 Å². The molecule has 0 aliphatic carbocycles. The molecule has 5 rings (SSSR count). The summed E-state index contributed by atoms with van der Waals surface area (Å²) < 4.78 is 11.7. The number of epoxide rings is 1. The van der Waals surface area contributed by atoms with Gasteiger partial charge in [-0.05, 0) is 193 Å². The standard InChI is InChI=1S/C19H27NO4.C19H27NO3.C19H25NO2/c1-13(12-15(21)14-6-5-11-20-14)7-8-16(22)19(4)10-9-17(24-19)18(2,3)23;1-14(2)7-5-11-19(4,23)18(22)10-9-15(3)13-17(21)16-8-6-12-20-16;1-14(2)7-5-11-19(4)18(22-19)10-9-15(3)13-17(21)16-8-6-12-20-16/h5-8,11-12,16-17,20,22-23H,9-10H2,1-4H3;6-10,12-13,18,20,22-23H,5,11H2,1-4H3;6-10,12-13,18,20H,5,11H2,1-4H3/b8-7+,13-12-;2*10-9+,15-13-. The Morgan fingerprint density at radius 3 is 1.57 bits per heavy atom. The molecular formula is C57H79N3O9. The van der Waals surface area contributed by atoms with E-state index in [-0.39, 0.29) is 35.2 Å². The molecule has 0 bridgehead atoms. The molecule has 0 spiro atoms. The number of aliphatic hydroxyl groups is 4. The molecule has 2 aliphatic heterocycles. The van der Waals surface area contributed by atoms with Gasteiger partial charge in [-0.1, -0.05) is 59.8 Å². The van der Waals surface area contributed by atoms with E-state index in [0.29, 0.717) is 48.3 Å². The summed E-state index contributed by atoms with van der Waals surface area (Å²) in [5, 5.41) is 41.0. The number of aromatic amines is 3. The molecule has 2 aliphatic rings. The van der Waals surface area contributed by atoms with Crippen LogP contribution >= 0.6 is 0 Å². The Balaban J connectivity index is 0.000000274. The van der Waals surface area contributed by atoms with Gasteiger partial charge < -0.3 is 44.9 Å². The van der Waals surface area contributed by atoms with Gasteiger partial charge in [-0.2, -0.15) is 0 Å². The summed E-state index contributed by atoms with van der Waals surface area (Å²) in [6.07, 6.45) is 27.3. The first-order valence-corrected chi connectivity index (χ1v) is 23.8. The molecule has 12 heteroatoms. The maximum absolute atomic E-state index is 12.0. The van der Waals surface area contributed by atoms with Gasteiger partial charge in [0.05, 0.1) is 45.6 Å². The Labute approximate surface area is 410 Å². The van der Waals surface area contributed by atoms with E-state index in [2.05, 4.69) is 47.9 Å². The molecule has 0 aromatic carbocycles. The molecule has 2 fully saturated rings. The second kappa shape index (κ2) is 26.5. The van der Waals surface area contributed by atoms with Crippen LogP contribution in [0.25, 0.3) is 0 Å². The molecule has 2 saturated heterocycles. The van der Waals surface area contributed by atoms with E-state index in [4.69, 9.17) is 9.47 Å². The number of allylic oxidation sites excluding steroid dienone is 13. The predicted octanol–water partition coefficient (Wildman–Crippen LogP) is 10.9. The fraction of sp³-hybridized carbons (Fsp3) is 0.456. The van der Waals surface area contributed by atoms with Crippen molar-refractivity contribution in [3.63, 3.8) is 0 Å². The summed E-state index contributed by atoms with van der Waals surface area (Å²) in [5.41, 5.74) is 3.67.